The summed E-state index contributed by atoms with van der Waals surface area (Å²) in [7, 11) is -0.885. The first-order chi connectivity index (χ1) is 10.6. The van der Waals surface area contributed by atoms with Crippen molar-refractivity contribution in [1.82, 2.24) is 0 Å². The molecule has 2 nitrogen and oxygen atoms in total. The van der Waals surface area contributed by atoms with Crippen LogP contribution in [0.15, 0.2) is 12.1 Å². The number of hydrogen-bond acceptors (Lipinski definition) is 3. The molecule has 1 saturated carbocycles. The molecule has 0 unspecified atom stereocenters. The smallest absolute Gasteiger partial charge is 0.399 e. The van der Waals surface area contributed by atoms with E-state index >= 15 is 0 Å². The summed E-state index contributed by atoms with van der Waals surface area (Å²) in [5.74, 6) is -2.18. The van der Waals surface area contributed by atoms with Gasteiger partial charge in [0, 0.05) is 16.5 Å². The van der Waals surface area contributed by atoms with Crippen LogP contribution < -0.4 is 4.78 Å². The van der Waals surface area contributed by atoms with Gasteiger partial charge in [0.2, 0.25) is 0 Å². The minimum Gasteiger partial charge on any atom is -0.399 e. The van der Waals surface area contributed by atoms with Crippen LogP contribution in [0.3, 0.4) is 0 Å². The number of thiophene rings is 1. The van der Waals surface area contributed by atoms with Gasteiger partial charge in [-0.3, -0.25) is 0 Å². The lowest BCUT2D eigenvalue weighted by Gasteiger charge is -2.32. The first kappa shape index (κ1) is 6.22. The molecule has 3 rings (SSSR count). The molecule has 2 aliphatic rings. The van der Waals surface area contributed by atoms with E-state index in [4.69, 9.17) is 18.9 Å². The van der Waals surface area contributed by atoms with E-state index in [1.807, 2.05) is 27.7 Å². The van der Waals surface area contributed by atoms with Crippen LogP contribution in [0.25, 0.3) is 0 Å². The molecule has 1 saturated heterocycles. The summed E-state index contributed by atoms with van der Waals surface area (Å²) in [5.41, 5.74) is -1.25. The summed E-state index contributed by atoms with van der Waals surface area (Å²) in [6.07, 6.45) is -4.80. The molecular weight excluding hydrogens is 231 g/mol. The van der Waals surface area contributed by atoms with Crippen LogP contribution >= 0.6 is 11.3 Å². The fraction of sp³-hybridized carbons (Fsp3) is 0.692. The van der Waals surface area contributed by atoms with Gasteiger partial charge in [0.25, 0.3) is 0 Å². The van der Waals surface area contributed by atoms with Gasteiger partial charge in [0.1, 0.15) is 0 Å². The Labute approximate surface area is 117 Å². The van der Waals surface area contributed by atoms with Gasteiger partial charge < -0.3 is 9.31 Å². The molecule has 1 aromatic heterocycles. The molecule has 1 aromatic rings. The van der Waals surface area contributed by atoms with Crippen molar-refractivity contribution in [2.45, 2.75) is 57.5 Å². The van der Waals surface area contributed by atoms with Crippen LogP contribution in [0.5, 0.6) is 0 Å². The van der Waals surface area contributed by atoms with Crippen molar-refractivity contribution >= 4 is 23.2 Å². The Hall–Kier alpha value is -0.315. The van der Waals surface area contributed by atoms with Gasteiger partial charge in [0.15, 0.2) is 0 Å². The van der Waals surface area contributed by atoms with Crippen LogP contribution in [-0.4, -0.2) is 18.3 Å². The van der Waals surface area contributed by atoms with E-state index in [1.165, 1.54) is 0 Å². The molecule has 0 atom stereocenters. The summed E-state index contributed by atoms with van der Waals surface area (Å²) in [6.45, 7) is 7.43. The summed E-state index contributed by atoms with van der Waals surface area (Å²) >= 11 is 0.866. The normalized spacial score (nSPS) is 40.2. The molecule has 0 bridgehead atoms. The van der Waals surface area contributed by atoms with E-state index in [9.17, 15) is 0 Å². The second kappa shape index (κ2) is 3.59. The molecule has 1 aliphatic carbocycles. The highest BCUT2D eigenvalue weighted by Crippen LogP contribution is 2.43. The maximum absolute atomic E-state index is 8.24. The Morgan fingerprint density at radius 1 is 1.35 bits per heavy atom. The minimum atomic E-state index is -2.40. The Balaban J connectivity index is 2.04. The molecule has 2 fully saturated rings. The molecule has 0 aromatic carbocycles. The van der Waals surface area contributed by atoms with Crippen LogP contribution in [0, 0.1) is 0 Å². The second-order valence-corrected chi connectivity index (χ2v) is 6.31. The topological polar surface area (TPSA) is 18.5 Å². The lowest BCUT2D eigenvalue weighted by Crippen LogP contribution is -2.41. The first-order valence-electron chi connectivity index (χ1n) is 9.08. The number of rotatable bonds is 2. The summed E-state index contributed by atoms with van der Waals surface area (Å²) < 4.78 is 67.5. The third kappa shape index (κ3) is 1.96. The highest BCUT2D eigenvalue weighted by molar-refractivity contribution is 7.22. The highest BCUT2D eigenvalue weighted by Gasteiger charge is 2.52. The first-order valence-corrected chi connectivity index (χ1v) is 6.39. The van der Waals surface area contributed by atoms with Crippen LogP contribution in [0.1, 0.15) is 60.8 Å². The Morgan fingerprint density at radius 3 is 2.47 bits per heavy atom. The predicted octanol–water partition coefficient (Wildman–Crippen LogP) is 2.92. The highest BCUT2D eigenvalue weighted by atomic mass is 32.1. The van der Waals surface area contributed by atoms with Gasteiger partial charge in [-0.05, 0) is 52.4 Å². The van der Waals surface area contributed by atoms with Crippen LogP contribution in [0.4, 0.5) is 0 Å². The quantitative estimate of drug-likeness (QED) is 0.758. The summed E-state index contributed by atoms with van der Waals surface area (Å²) in [5, 5.41) is 0. The van der Waals surface area contributed by atoms with Gasteiger partial charge in [-0.15, -0.1) is 11.3 Å². The molecule has 0 radical (unpaired) electrons. The summed E-state index contributed by atoms with van der Waals surface area (Å²) in [6, 6.07) is -0.524. The second-order valence-electron chi connectivity index (χ2n) is 5.26. The molecule has 92 valence electrons. The van der Waals surface area contributed by atoms with Crippen LogP contribution in [0.2, 0.25) is 0 Å². The zero-order valence-corrected chi connectivity index (χ0v) is 11.1. The van der Waals surface area contributed by atoms with Gasteiger partial charge in [-0.1, -0.05) is 6.04 Å². The Morgan fingerprint density at radius 2 is 1.94 bits per heavy atom. The molecule has 0 amide bonds. The SMILES string of the molecule is [2H]c1c(B2OC(C)(C)C(C)(C)O2)sc(C2([2H])C([2H])([2H])C2([2H])[2H])c1[2H]. The lowest BCUT2D eigenvalue weighted by molar-refractivity contribution is 0.00578. The zero-order chi connectivity index (χ0) is 18.5. The largest absolute Gasteiger partial charge is 0.505 e. The van der Waals surface area contributed by atoms with Crippen molar-refractivity contribution in [2.75, 3.05) is 0 Å². The van der Waals surface area contributed by atoms with Crippen molar-refractivity contribution in [2.24, 2.45) is 0 Å². The number of hydrogen-bond donors (Lipinski definition) is 0. The van der Waals surface area contributed by atoms with Crippen molar-refractivity contribution in [3.8, 4) is 0 Å². The van der Waals surface area contributed by atoms with Crippen molar-refractivity contribution in [3.05, 3.63) is 17.0 Å². The Bertz CT molecular complexity index is 685. The third-order valence-corrected chi connectivity index (χ3v) is 4.48. The average molecular weight is 257 g/mol. The Kier molecular flexibility index (Phi) is 1.31. The van der Waals surface area contributed by atoms with E-state index in [0.29, 0.717) is 0 Å². The van der Waals surface area contributed by atoms with Gasteiger partial charge >= 0.3 is 7.12 Å². The van der Waals surface area contributed by atoms with E-state index in [2.05, 4.69) is 0 Å². The predicted molar refractivity (Wildman–Crippen MR) is 72.0 cm³/mol. The van der Waals surface area contributed by atoms with Crippen LogP contribution in [-0.2, 0) is 9.31 Å². The fourth-order valence-corrected chi connectivity index (χ4v) is 2.42. The molecule has 4 heteroatoms. The average Bonchev–Trinajstić information content (AvgIpc) is 2.70. The molecule has 1 aliphatic heterocycles. The van der Waals surface area contributed by atoms with E-state index < -0.39 is 37.0 Å². The maximum Gasteiger partial charge on any atom is 0.505 e. The van der Waals surface area contributed by atoms with Gasteiger partial charge in [-0.25, -0.2) is 0 Å². The monoisotopic (exact) mass is 257 g/mol. The zero-order valence-electron chi connectivity index (χ0n) is 17.3. The third-order valence-electron chi connectivity index (χ3n) is 3.46. The lowest BCUT2D eigenvalue weighted by atomic mass is 9.88. The molecule has 0 N–H and O–H groups in total. The molecular formula is C13H19BO2S. The molecule has 17 heavy (non-hydrogen) atoms. The molecule has 0 spiro atoms. The maximum atomic E-state index is 8.24. The molecule has 2 heterocycles. The van der Waals surface area contributed by atoms with E-state index in [1.54, 1.807) is 0 Å². The van der Waals surface area contributed by atoms with Gasteiger partial charge in [0.05, 0.1) is 13.9 Å². The standard InChI is InChI=1S/C13H19BO2S/c1-12(2)13(3,4)16-14(15-12)11-8-7-10(17-11)9-5-6-9/h7-9H,5-6H2,1-4H3/i5D2,6D2,7D,8D,9D. The van der Waals surface area contributed by atoms with Crippen molar-refractivity contribution in [3.63, 3.8) is 0 Å². The van der Waals surface area contributed by atoms with E-state index in [-0.39, 0.29) is 21.7 Å². The van der Waals surface area contributed by atoms with Crippen molar-refractivity contribution < 1.29 is 18.9 Å². The fourth-order valence-electron chi connectivity index (χ4n) is 1.59. The summed E-state index contributed by atoms with van der Waals surface area (Å²) in [4.78, 5) is -0.0905. The van der Waals surface area contributed by atoms with Gasteiger partial charge in [-0.2, -0.15) is 0 Å². The van der Waals surface area contributed by atoms with E-state index in [0.717, 1.165) is 11.3 Å². The minimum absolute atomic E-state index is 0.0905. The van der Waals surface area contributed by atoms with Crippen molar-refractivity contribution in [1.29, 1.82) is 0 Å².